The second-order valence-corrected chi connectivity index (χ2v) is 6.65. The molecule has 0 aliphatic rings. The van der Waals surface area contributed by atoms with Crippen LogP contribution in [-0.2, 0) is 14.8 Å². The Morgan fingerprint density at radius 2 is 1.89 bits per heavy atom. The zero-order valence-corrected chi connectivity index (χ0v) is 13.1. The van der Waals surface area contributed by atoms with Crippen molar-refractivity contribution in [1.29, 1.82) is 0 Å². The van der Waals surface area contributed by atoms with E-state index in [9.17, 15) is 8.42 Å². The molecule has 0 spiro atoms. The van der Waals surface area contributed by atoms with Crippen molar-refractivity contribution in [1.82, 2.24) is 4.31 Å². The van der Waals surface area contributed by atoms with Crippen LogP contribution >= 0.6 is 0 Å². The van der Waals surface area contributed by atoms with E-state index >= 15 is 0 Å². The maximum atomic E-state index is 12.6. The molecule has 0 aliphatic carbocycles. The number of benzene rings is 1. The molecule has 0 amide bonds. The minimum Gasteiger partial charge on any atom is -0.383 e. The summed E-state index contributed by atoms with van der Waals surface area (Å²) in [4.78, 5) is 0.348. The van der Waals surface area contributed by atoms with E-state index in [1.165, 1.54) is 4.31 Å². The average Bonchev–Trinajstić information content (AvgIpc) is 2.33. The summed E-state index contributed by atoms with van der Waals surface area (Å²) in [5, 5.41) is 0. The number of aryl methyl sites for hydroxylation is 2. The first-order valence-electron chi connectivity index (χ1n) is 6.42. The van der Waals surface area contributed by atoms with Gasteiger partial charge in [-0.15, -0.1) is 0 Å². The van der Waals surface area contributed by atoms with E-state index in [1.54, 1.807) is 19.2 Å². The van der Waals surface area contributed by atoms with Crippen LogP contribution in [0.15, 0.2) is 23.1 Å². The van der Waals surface area contributed by atoms with Gasteiger partial charge in [0.15, 0.2) is 0 Å². The topological polar surface area (TPSA) is 46.6 Å². The van der Waals surface area contributed by atoms with Crippen molar-refractivity contribution in [2.75, 3.05) is 20.3 Å². The Morgan fingerprint density at radius 1 is 1.26 bits per heavy atom. The molecule has 0 heterocycles. The predicted molar refractivity (Wildman–Crippen MR) is 76.8 cm³/mol. The number of ether oxygens (including phenoxy) is 1. The van der Waals surface area contributed by atoms with Crippen LogP contribution in [0.1, 0.15) is 25.0 Å². The number of hydrogen-bond donors (Lipinski definition) is 0. The Balaban J connectivity index is 3.16. The lowest BCUT2D eigenvalue weighted by Gasteiger charge is -2.26. The van der Waals surface area contributed by atoms with E-state index in [1.807, 2.05) is 33.8 Å². The van der Waals surface area contributed by atoms with Gasteiger partial charge in [0, 0.05) is 19.7 Å². The maximum Gasteiger partial charge on any atom is 0.243 e. The van der Waals surface area contributed by atoms with E-state index in [4.69, 9.17) is 4.74 Å². The van der Waals surface area contributed by atoms with Crippen molar-refractivity contribution >= 4 is 10.0 Å². The van der Waals surface area contributed by atoms with Gasteiger partial charge in [0.25, 0.3) is 0 Å². The highest BCUT2D eigenvalue weighted by Crippen LogP contribution is 2.20. The molecule has 0 fully saturated rings. The average molecular weight is 285 g/mol. The van der Waals surface area contributed by atoms with Crippen LogP contribution in [0.25, 0.3) is 0 Å². The molecule has 5 heteroatoms. The summed E-state index contributed by atoms with van der Waals surface area (Å²) in [7, 11) is -1.88. The van der Waals surface area contributed by atoms with E-state index in [0.29, 0.717) is 18.0 Å². The van der Waals surface area contributed by atoms with Gasteiger partial charge in [-0.2, -0.15) is 4.31 Å². The largest absolute Gasteiger partial charge is 0.383 e. The highest BCUT2D eigenvalue weighted by Gasteiger charge is 2.27. The molecule has 0 N–H and O–H groups in total. The molecule has 0 radical (unpaired) electrons. The summed E-state index contributed by atoms with van der Waals surface area (Å²) in [5.41, 5.74) is 2.07. The number of rotatable bonds is 6. The van der Waals surface area contributed by atoms with Crippen LogP contribution in [0.5, 0.6) is 0 Å². The molecule has 4 nitrogen and oxygen atoms in total. The SMILES string of the molecule is CCN([C@@H](C)COC)S(=O)(=O)c1ccc(C)c(C)c1. The Bertz CT molecular complexity index is 525. The quantitative estimate of drug-likeness (QED) is 0.806. The fourth-order valence-corrected chi connectivity index (χ4v) is 3.76. The lowest BCUT2D eigenvalue weighted by atomic mass is 10.1. The molecule has 1 aromatic carbocycles. The first-order chi connectivity index (χ1) is 8.84. The summed E-state index contributed by atoms with van der Waals surface area (Å²) >= 11 is 0. The summed E-state index contributed by atoms with van der Waals surface area (Å²) in [6, 6.07) is 5.06. The van der Waals surface area contributed by atoms with Gasteiger partial charge in [0.1, 0.15) is 0 Å². The fraction of sp³-hybridized carbons (Fsp3) is 0.571. The van der Waals surface area contributed by atoms with Gasteiger partial charge in [0.2, 0.25) is 10.0 Å². The van der Waals surface area contributed by atoms with Gasteiger partial charge in [-0.05, 0) is 44.0 Å². The summed E-state index contributed by atoms with van der Waals surface area (Å²) in [5.74, 6) is 0. The standard InChI is InChI=1S/C14H23NO3S/c1-6-15(13(4)10-18-5)19(16,17)14-8-7-11(2)12(3)9-14/h7-9,13H,6,10H2,1-5H3/t13-/m0/s1. The van der Waals surface area contributed by atoms with Crippen molar-refractivity contribution in [3.8, 4) is 0 Å². The van der Waals surface area contributed by atoms with E-state index in [-0.39, 0.29) is 6.04 Å². The van der Waals surface area contributed by atoms with Crippen molar-refractivity contribution in [3.63, 3.8) is 0 Å². The van der Waals surface area contributed by atoms with Gasteiger partial charge in [-0.25, -0.2) is 8.42 Å². The number of likely N-dealkylation sites (N-methyl/N-ethyl adjacent to an activating group) is 1. The lowest BCUT2D eigenvalue weighted by molar-refractivity contribution is 0.142. The molecule has 0 saturated heterocycles. The van der Waals surface area contributed by atoms with Crippen LogP contribution in [0.4, 0.5) is 0 Å². The van der Waals surface area contributed by atoms with Crippen molar-refractivity contribution in [2.24, 2.45) is 0 Å². The van der Waals surface area contributed by atoms with Gasteiger partial charge in [-0.1, -0.05) is 13.0 Å². The summed E-state index contributed by atoms with van der Waals surface area (Å²) in [6.45, 7) is 8.40. The van der Waals surface area contributed by atoms with E-state index in [2.05, 4.69) is 0 Å². The molecule has 0 bridgehead atoms. The Kier molecular flexibility index (Phi) is 5.52. The highest BCUT2D eigenvalue weighted by atomic mass is 32.2. The van der Waals surface area contributed by atoms with Crippen molar-refractivity contribution in [3.05, 3.63) is 29.3 Å². The Hall–Kier alpha value is -0.910. The number of methoxy groups -OCH3 is 1. The second kappa shape index (κ2) is 6.50. The Labute approximate surface area is 116 Å². The minimum absolute atomic E-state index is 0.179. The van der Waals surface area contributed by atoms with Crippen LogP contribution < -0.4 is 0 Å². The fourth-order valence-electron chi connectivity index (χ4n) is 2.05. The smallest absolute Gasteiger partial charge is 0.243 e. The van der Waals surface area contributed by atoms with Gasteiger partial charge in [-0.3, -0.25) is 0 Å². The molecule has 1 rings (SSSR count). The third kappa shape index (κ3) is 3.55. The normalized spacial score (nSPS) is 13.8. The second-order valence-electron chi connectivity index (χ2n) is 4.76. The molecule has 0 saturated carbocycles. The number of hydrogen-bond acceptors (Lipinski definition) is 3. The lowest BCUT2D eigenvalue weighted by Crippen LogP contribution is -2.40. The molecular formula is C14H23NO3S. The monoisotopic (exact) mass is 285 g/mol. The van der Waals surface area contributed by atoms with Gasteiger partial charge >= 0.3 is 0 Å². The molecule has 0 aliphatic heterocycles. The van der Waals surface area contributed by atoms with Gasteiger partial charge in [0.05, 0.1) is 11.5 Å². The maximum absolute atomic E-state index is 12.6. The molecular weight excluding hydrogens is 262 g/mol. The van der Waals surface area contributed by atoms with Crippen LogP contribution in [0.2, 0.25) is 0 Å². The third-order valence-corrected chi connectivity index (χ3v) is 5.38. The third-order valence-electron chi connectivity index (χ3n) is 3.30. The minimum atomic E-state index is -3.46. The first kappa shape index (κ1) is 16.1. The molecule has 0 aromatic heterocycles. The highest BCUT2D eigenvalue weighted by molar-refractivity contribution is 7.89. The first-order valence-corrected chi connectivity index (χ1v) is 7.86. The zero-order chi connectivity index (χ0) is 14.6. The van der Waals surface area contributed by atoms with E-state index < -0.39 is 10.0 Å². The van der Waals surface area contributed by atoms with Crippen molar-refractivity contribution < 1.29 is 13.2 Å². The summed E-state index contributed by atoms with van der Waals surface area (Å²) in [6.07, 6.45) is 0. The number of sulfonamides is 1. The molecule has 19 heavy (non-hydrogen) atoms. The number of nitrogens with zero attached hydrogens (tertiary/aromatic N) is 1. The summed E-state index contributed by atoms with van der Waals surface area (Å²) < 4.78 is 31.8. The van der Waals surface area contributed by atoms with Crippen LogP contribution in [-0.4, -0.2) is 39.0 Å². The molecule has 1 aromatic rings. The van der Waals surface area contributed by atoms with E-state index in [0.717, 1.165) is 11.1 Å². The molecule has 108 valence electrons. The van der Waals surface area contributed by atoms with Crippen LogP contribution in [0, 0.1) is 13.8 Å². The van der Waals surface area contributed by atoms with Gasteiger partial charge < -0.3 is 4.74 Å². The predicted octanol–water partition coefficient (Wildman–Crippen LogP) is 2.35. The zero-order valence-electron chi connectivity index (χ0n) is 12.3. The molecule has 0 unspecified atom stereocenters. The Morgan fingerprint density at radius 3 is 2.37 bits per heavy atom. The van der Waals surface area contributed by atoms with Crippen molar-refractivity contribution in [2.45, 2.75) is 38.6 Å². The van der Waals surface area contributed by atoms with Crippen LogP contribution in [0.3, 0.4) is 0 Å². The molecule has 1 atom stereocenters.